The first-order valence-corrected chi connectivity index (χ1v) is 7.36. The molecule has 5 nitrogen and oxygen atoms in total. The molecule has 2 heterocycles. The molecule has 0 aliphatic rings. The van der Waals surface area contributed by atoms with Crippen LogP contribution >= 0.6 is 11.6 Å². The van der Waals surface area contributed by atoms with Crippen LogP contribution in [0.4, 0.5) is 0 Å². The van der Waals surface area contributed by atoms with E-state index in [0.717, 1.165) is 34.9 Å². The average Bonchev–Trinajstić information content (AvgIpc) is 2.73. The molecule has 0 bridgehead atoms. The number of nitrogens with one attached hydrogen (secondary N) is 1. The Morgan fingerprint density at radius 3 is 2.81 bits per heavy atom. The van der Waals surface area contributed by atoms with Crippen molar-refractivity contribution in [1.29, 1.82) is 0 Å². The molecule has 0 aliphatic heterocycles. The molecule has 114 valence electrons. The molecule has 0 radical (unpaired) electrons. The van der Waals surface area contributed by atoms with Crippen molar-refractivity contribution < 1.29 is 4.74 Å². The Bertz CT molecular complexity index is 612. The van der Waals surface area contributed by atoms with Gasteiger partial charge >= 0.3 is 0 Å². The van der Waals surface area contributed by atoms with Crippen LogP contribution < -0.4 is 10.1 Å². The van der Waals surface area contributed by atoms with E-state index in [0.29, 0.717) is 5.88 Å². The van der Waals surface area contributed by atoms with Crippen LogP contribution in [-0.2, 0) is 13.5 Å². The Morgan fingerprint density at radius 2 is 2.24 bits per heavy atom. The van der Waals surface area contributed by atoms with E-state index in [2.05, 4.69) is 22.3 Å². The average molecular weight is 309 g/mol. The number of nitrogens with zero attached hydrogens (tertiary/aromatic N) is 3. The lowest BCUT2D eigenvalue weighted by Crippen LogP contribution is -2.24. The molecule has 1 atom stereocenters. The Morgan fingerprint density at radius 1 is 1.48 bits per heavy atom. The molecule has 0 saturated carbocycles. The summed E-state index contributed by atoms with van der Waals surface area (Å²) in [5, 5.41) is 8.56. The van der Waals surface area contributed by atoms with Gasteiger partial charge in [0.15, 0.2) is 0 Å². The largest absolute Gasteiger partial charge is 0.481 e. The van der Waals surface area contributed by atoms with Gasteiger partial charge in [0.25, 0.3) is 0 Å². The maximum atomic E-state index is 6.36. The van der Waals surface area contributed by atoms with E-state index >= 15 is 0 Å². The van der Waals surface area contributed by atoms with Crippen LogP contribution in [0.1, 0.15) is 29.9 Å². The first-order valence-electron chi connectivity index (χ1n) is 6.98. The number of ether oxygens (including phenoxy) is 1. The normalized spacial score (nSPS) is 12.4. The molecule has 0 amide bonds. The first-order chi connectivity index (χ1) is 10.1. The minimum atomic E-state index is 0.0750. The monoisotopic (exact) mass is 308 g/mol. The second kappa shape index (κ2) is 6.91. The van der Waals surface area contributed by atoms with Crippen LogP contribution in [0.3, 0.4) is 0 Å². The van der Waals surface area contributed by atoms with E-state index < -0.39 is 0 Å². The lowest BCUT2D eigenvalue weighted by Gasteiger charge is -2.20. The van der Waals surface area contributed by atoms with Gasteiger partial charge in [-0.3, -0.25) is 4.68 Å². The van der Waals surface area contributed by atoms with Crippen LogP contribution in [0.2, 0.25) is 5.02 Å². The van der Waals surface area contributed by atoms with Crippen LogP contribution in [-0.4, -0.2) is 28.4 Å². The lowest BCUT2D eigenvalue weighted by atomic mass is 10.0. The van der Waals surface area contributed by atoms with Gasteiger partial charge in [-0.25, -0.2) is 4.98 Å². The highest BCUT2D eigenvalue weighted by molar-refractivity contribution is 6.31. The third-order valence-electron chi connectivity index (χ3n) is 3.48. The minimum Gasteiger partial charge on any atom is -0.481 e. The summed E-state index contributed by atoms with van der Waals surface area (Å²) in [7, 11) is 3.55. The van der Waals surface area contributed by atoms with Gasteiger partial charge in [0.1, 0.15) is 0 Å². The molecule has 2 rings (SSSR count). The van der Waals surface area contributed by atoms with E-state index in [-0.39, 0.29) is 6.04 Å². The van der Waals surface area contributed by atoms with Gasteiger partial charge in [0.05, 0.1) is 23.5 Å². The number of likely N-dealkylation sites (N-methyl/N-ethyl adjacent to an activating group) is 1. The van der Waals surface area contributed by atoms with Gasteiger partial charge in [-0.05, 0) is 19.5 Å². The predicted molar refractivity (Wildman–Crippen MR) is 83.9 cm³/mol. The molecular weight excluding hydrogens is 288 g/mol. The zero-order valence-electron chi connectivity index (χ0n) is 12.9. The zero-order valence-corrected chi connectivity index (χ0v) is 13.6. The molecule has 1 unspecified atom stereocenters. The van der Waals surface area contributed by atoms with Gasteiger partial charge < -0.3 is 10.1 Å². The third-order valence-corrected chi connectivity index (χ3v) is 3.97. The summed E-state index contributed by atoms with van der Waals surface area (Å²) in [4.78, 5) is 4.27. The van der Waals surface area contributed by atoms with Crippen LogP contribution in [0.15, 0.2) is 18.3 Å². The molecule has 0 aliphatic carbocycles. The summed E-state index contributed by atoms with van der Waals surface area (Å²) in [6.45, 7) is 4.84. The molecule has 0 aromatic carbocycles. The minimum absolute atomic E-state index is 0.0750. The predicted octanol–water partition coefficient (Wildman–Crippen LogP) is 2.68. The SMILES string of the molecule is CCNC(Cc1c(Cl)c(C)nn1C)c1cccnc1OC. The fourth-order valence-corrected chi connectivity index (χ4v) is 2.71. The van der Waals surface area contributed by atoms with Crippen molar-refractivity contribution in [1.82, 2.24) is 20.1 Å². The van der Waals surface area contributed by atoms with Crippen molar-refractivity contribution in [3.8, 4) is 5.88 Å². The van der Waals surface area contributed by atoms with Gasteiger partial charge in [0, 0.05) is 31.3 Å². The van der Waals surface area contributed by atoms with Gasteiger partial charge in [-0.15, -0.1) is 0 Å². The number of hydrogen-bond acceptors (Lipinski definition) is 4. The zero-order chi connectivity index (χ0) is 15.4. The number of hydrogen-bond donors (Lipinski definition) is 1. The Kier molecular flexibility index (Phi) is 5.20. The topological polar surface area (TPSA) is 52.0 Å². The Hall–Kier alpha value is -1.59. The number of aromatic nitrogens is 3. The van der Waals surface area contributed by atoms with Crippen LogP contribution in [0, 0.1) is 6.92 Å². The van der Waals surface area contributed by atoms with E-state index in [1.54, 1.807) is 13.3 Å². The summed E-state index contributed by atoms with van der Waals surface area (Å²) in [6, 6.07) is 4.01. The summed E-state index contributed by atoms with van der Waals surface area (Å²) in [5.74, 6) is 0.637. The molecule has 21 heavy (non-hydrogen) atoms. The smallest absolute Gasteiger partial charge is 0.217 e. The molecule has 0 saturated heterocycles. The Labute approximate surface area is 130 Å². The molecule has 2 aromatic heterocycles. The quantitative estimate of drug-likeness (QED) is 0.891. The molecule has 1 N–H and O–H groups in total. The van der Waals surface area contributed by atoms with Gasteiger partial charge in [0.2, 0.25) is 5.88 Å². The number of methoxy groups -OCH3 is 1. The van der Waals surface area contributed by atoms with E-state index in [9.17, 15) is 0 Å². The van der Waals surface area contributed by atoms with Crippen molar-refractivity contribution in [2.75, 3.05) is 13.7 Å². The molecule has 6 heteroatoms. The fraction of sp³-hybridized carbons (Fsp3) is 0.467. The summed E-state index contributed by atoms with van der Waals surface area (Å²) in [5.41, 5.74) is 2.88. The van der Waals surface area contributed by atoms with Crippen molar-refractivity contribution in [3.05, 3.63) is 40.3 Å². The van der Waals surface area contributed by atoms with E-state index in [1.807, 2.05) is 30.8 Å². The highest BCUT2D eigenvalue weighted by Gasteiger charge is 2.21. The fourth-order valence-electron chi connectivity index (χ4n) is 2.47. The van der Waals surface area contributed by atoms with Crippen molar-refractivity contribution in [2.24, 2.45) is 7.05 Å². The first kappa shape index (κ1) is 15.8. The molecule has 2 aromatic rings. The van der Waals surface area contributed by atoms with Gasteiger partial charge in [-0.1, -0.05) is 24.6 Å². The molecular formula is C15H21ClN4O. The second-order valence-electron chi connectivity index (χ2n) is 4.89. The number of pyridine rings is 1. The van der Waals surface area contributed by atoms with Crippen LogP contribution in [0.25, 0.3) is 0 Å². The van der Waals surface area contributed by atoms with Crippen molar-refractivity contribution in [3.63, 3.8) is 0 Å². The summed E-state index contributed by atoms with van der Waals surface area (Å²) < 4.78 is 7.21. The van der Waals surface area contributed by atoms with E-state index in [1.165, 1.54) is 0 Å². The molecule has 0 fully saturated rings. The highest BCUT2D eigenvalue weighted by Crippen LogP contribution is 2.29. The summed E-state index contributed by atoms with van der Waals surface area (Å²) >= 11 is 6.36. The maximum Gasteiger partial charge on any atom is 0.217 e. The number of halogens is 1. The molecule has 0 spiro atoms. The second-order valence-corrected chi connectivity index (χ2v) is 5.26. The number of rotatable bonds is 6. The highest BCUT2D eigenvalue weighted by atomic mass is 35.5. The lowest BCUT2D eigenvalue weighted by molar-refractivity contribution is 0.381. The Balaban J connectivity index is 2.35. The van der Waals surface area contributed by atoms with Crippen LogP contribution in [0.5, 0.6) is 5.88 Å². The number of aryl methyl sites for hydroxylation is 2. The van der Waals surface area contributed by atoms with Crippen molar-refractivity contribution in [2.45, 2.75) is 26.3 Å². The van der Waals surface area contributed by atoms with E-state index in [4.69, 9.17) is 16.3 Å². The van der Waals surface area contributed by atoms with Crippen molar-refractivity contribution >= 4 is 11.6 Å². The maximum absolute atomic E-state index is 6.36. The third kappa shape index (κ3) is 3.36. The van der Waals surface area contributed by atoms with Gasteiger partial charge in [-0.2, -0.15) is 5.10 Å². The standard InChI is InChI=1S/C15H21ClN4O/c1-5-17-12(11-7-6-8-18-15(11)21-4)9-13-14(16)10(2)19-20(13)3/h6-8,12,17H,5,9H2,1-4H3. The summed E-state index contributed by atoms with van der Waals surface area (Å²) in [6.07, 6.45) is 2.46.